The van der Waals surface area contributed by atoms with Gasteiger partial charge in [0.25, 0.3) is 0 Å². The Balaban J connectivity index is 2.74. The lowest BCUT2D eigenvalue weighted by Crippen LogP contribution is -1.89. The summed E-state index contributed by atoms with van der Waals surface area (Å²) in [5.41, 5.74) is 9.48. The molecule has 0 spiro atoms. The molecule has 0 amide bonds. The standard InChI is InChI=1S/C7H4N4OS/c8-11-10-4-1-2-5-6(3-4)13-7(12)9-5/h1-3H,(H,9,12). The Hall–Kier alpha value is -1.78. The van der Waals surface area contributed by atoms with Gasteiger partial charge in [-0.15, -0.1) is 0 Å². The van der Waals surface area contributed by atoms with Crippen LogP contribution in [0.15, 0.2) is 28.1 Å². The average molecular weight is 192 g/mol. The molecule has 0 bridgehead atoms. The Morgan fingerprint density at radius 3 is 3.15 bits per heavy atom. The van der Waals surface area contributed by atoms with E-state index < -0.39 is 0 Å². The van der Waals surface area contributed by atoms with Crippen molar-refractivity contribution in [3.05, 3.63) is 38.3 Å². The van der Waals surface area contributed by atoms with Gasteiger partial charge in [-0.25, -0.2) is 0 Å². The van der Waals surface area contributed by atoms with E-state index in [1.165, 1.54) is 0 Å². The second kappa shape index (κ2) is 2.93. The van der Waals surface area contributed by atoms with Crippen molar-refractivity contribution < 1.29 is 0 Å². The average Bonchev–Trinajstić information content (AvgIpc) is 2.44. The summed E-state index contributed by atoms with van der Waals surface area (Å²) in [6, 6.07) is 5.06. The van der Waals surface area contributed by atoms with Crippen LogP contribution in [-0.2, 0) is 0 Å². The molecule has 5 nitrogen and oxygen atoms in total. The third kappa shape index (κ3) is 1.40. The number of rotatable bonds is 1. The number of nitrogens with one attached hydrogen (secondary N) is 1. The van der Waals surface area contributed by atoms with Crippen molar-refractivity contribution >= 4 is 27.2 Å². The van der Waals surface area contributed by atoms with E-state index in [-0.39, 0.29) is 4.87 Å². The summed E-state index contributed by atoms with van der Waals surface area (Å²) in [5, 5.41) is 3.44. The molecule has 0 fully saturated rings. The molecule has 1 heterocycles. The van der Waals surface area contributed by atoms with Gasteiger partial charge in [0, 0.05) is 10.6 Å². The fourth-order valence-electron chi connectivity index (χ4n) is 1.05. The third-order valence-electron chi connectivity index (χ3n) is 1.56. The van der Waals surface area contributed by atoms with Crippen LogP contribution in [0.25, 0.3) is 20.7 Å². The topological polar surface area (TPSA) is 81.6 Å². The second-order valence-electron chi connectivity index (χ2n) is 2.38. The summed E-state index contributed by atoms with van der Waals surface area (Å²) < 4.78 is 0.801. The molecule has 0 aliphatic heterocycles. The molecule has 1 aromatic carbocycles. The summed E-state index contributed by atoms with van der Waals surface area (Å²) in [5.74, 6) is 0. The van der Waals surface area contributed by atoms with E-state index in [4.69, 9.17) is 5.53 Å². The lowest BCUT2D eigenvalue weighted by molar-refractivity contribution is 1.40. The third-order valence-corrected chi connectivity index (χ3v) is 2.41. The highest BCUT2D eigenvalue weighted by molar-refractivity contribution is 7.16. The van der Waals surface area contributed by atoms with E-state index >= 15 is 0 Å². The van der Waals surface area contributed by atoms with Crippen molar-refractivity contribution in [1.82, 2.24) is 4.98 Å². The van der Waals surface area contributed by atoms with Crippen molar-refractivity contribution in [2.45, 2.75) is 0 Å². The molecule has 6 heteroatoms. The summed E-state index contributed by atoms with van der Waals surface area (Å²) in [7, 11) is 0. The van der Waals surface area contributed by atoms with Crippen molar-refractivity contribution in [3.63, 3.8) is 0 Å². The van der Waals surface area contributed by atoms with Crippen molar-refractivity contribution in [1.29, 1.82) is 0 Å². The van der Waals surface area contributed by atoms with Crippen molar-refractivity contribution in [2.75, 3.05) is 0 Å². The van der Waals surface area contributed by atoms with Gasteiger partial charge in [0.05, 0.1) is 10.2 Å². The molecular weight excluding hydrogens is 188 g/mol. The maximum absolute atomic E-state index is 10.9. The van der Waals surface area contributed by atoms with Crippen LogP contribution in [-0.4, -0.2) is 4.98 Å². The van der Waals surface area contributed by atoms with E-state index in [2.05, 4.69) is 15.0 Å². The molecule has 0 unspecified atom stereocenters. The molecule has 0 saturated carbocycles. The summed E-state index contributed by atoms with van der Waals surface area (Å²) in [4.78, 5) is 16.1. The second-order valence-corrected chi connectivity index (χ2v) is 3.40. The number of thiazole rings is 1. The Morgan fingerprint density at radius 2 is 2.38 bits per heavy atom. The van der Waals surface area contributed by atoms with Gasteiger partial charge in [-0.05, 0) is 17.7 Å². The number of H-pyrrole nitrogens is 1. The molecule has 0 aliphatic rings. The zero-order valence-electron chi connectivity index (χ0n) is 6.39. The van der Waals surface area contributed by atoms with Gasteiger partial charge in [0.15, 0.2) is 0 Å². The van der Waals surface area contributed by atoms with Gasteiger partial charge >= 0.3 is 4.87 Å². The predicted molar refractivity (Wildman–Crippen MR) is 51.3 cm³/mol. The van der Waals surface area contributed by atoms with Gasteiger partial charge in [0.1, 0.15) is 0 Å². The molecule has 2 rings (SSSR count). The minimum atomic E-state index is -0.104. The Labute approximate surface area is 76.3 Å². The molecule has 1 aromatic heterocycles. The summed E-state index contributed by atoms with van der Waals surface area (Å²) in [6.45, 7) is 0. The van der Waals surface area contributed by atoms with Crippen LogP contribution in [0.2, 0.25) is 0 Å². The van der Waals surface area contributed by atoms with Crippen LogP contribution in [0.4, 0.5) is 5.69 Å². The van der Waals surface area contributed by atoms with E-state index in [0.717, 1.165) is 21.6 Å². The quantitative estimate of drug-likeness (QED) is 0.420. The minimum Gasteiger partial charge on any atom is -0.312 e. The molecule has 13 heavy (non-hydrogen) atoms. The van der Waals surface area contributed by atoms with Crippen LogP contribution in [0, 0.1) is 0 Å². The SMILES string of the molecule is [N-]=[N+]=Nc1ccc2[nH]c(=O)sc2c1. The zero-order chi connectivity index (χ0) is 9.26. The minimum absolute atomic E-state index is 0.104. The van der Waals surface area contributed by atoms with Crippen LogP contribution in [0.1, 0.15) is 0 Å². The summed E-state index contributed by atoms with van der Waals surface area (Å²) in [6.07, 6.45) is 0. The Kier molecular flexibility index (Phi) is 1.77. The van der Waals surface area contributed by atoms with Crippen LogP contribution >= 0.6 is 11.3 Å². The van der Waals surface area contributed by atoms with Gasteiger partial charge in [-0.1, -0.05) is 22.5 Å². The van der Waals surface area contributed by atoms with E-state index in [1.54, 1.807) is 18.2 Å². The number of hydrogen-bond acceptors (Lipinski definition) is 3. The maximum Gasteiger partial charge on any atom is 0.305 e. The molecule has 64 valence electrons. The van der Waals surface area contributed by atoms with Gasteiger partial charge in [-0.3, -0.25) is 4.79 Å². The molecular formula is C7H4N4OS. The highest BCUT2D eigenvalue weighted by Crippen LogP contribution is 2.21. The largest absolute Gasteiger partial charge is 0.312 e. The summed E-state index contributed by atoms with van der Waals surface area (Å²) >= 11 is 1.10. The zero-order valence-corrected chi connectivity index (χ0v) is 7.21. The Morgan fingerprint density at radius 1 is 1.54 bits per heavy atom. The van der Waals surface area contributed by atoms with E-state index in [0.29, 0.717) is 5.69 Å². The molecule has 0 saturated heterocycles. The number of nitrogens with zero attached hydrogens (tertiary/aromatic N) is 3. The molecule has 2 aromatic rings. The van der Waals surface area contributed by atoms with Gasteiger partial charge in [-0.2, -0.15) is 0 Å². The van der Waals surface area contributed by atoms with Crippen LogP contribution in [0.5, 0.6) is 0 Å². The number of aromatic nitrogens is 1. The molecule has 0 aliphatic carbocycles. The monoisotopic (exact) mass is 192 g/mol. The van der Waals surface area contributed by atoms with Gasteiger partial charge in [0.2, 0.25) is 0 Å². The van der Waals surface area contributed by atoms with Crippen LogP contribution < -0.4 is 4.87 Å². The van der Waals surface area contributed by atoms with E-state index in [9.17, 15) is 4.79 Å². The highest BCUT2D eigenvalue weighted by atomic mass is 32.1. The highest BCUT2D eigenvalue weighted by Gasteiger charge is 1.98. The lowest BCUT2D eigenvalue weighted by atomic mass is 10.3. The number of benzene rings is 1. The fourth-order valence-corrected chi connectivity index (χ4v) is 1.82. The maximum atomic E-state index is 10.9. The number of aromatic amines is 1. The first-order chi connectivity index (χ1) is 6.29. The molecule has 0 radical (unpaired) electrons. The first-order valence-corrected chi connectivity index (χ1v) is 4.29. The van der Waals surface area contributed by atoms with Crippen molar-refractivity contribution in [3.8, 4) is 0 Å². The molecule has 0 atom stereocenters. The van der Waals surface area contributed by atoms with Crippen LogP contribution in [0.3, 0.4) is 0 Å². The first kappa shape index (κ1) is 7.85. The lowest BCUT2D eigenvalue weighted by Gasteiger charge is -1.89. The fraction of sp³-hybridized carbons (Fsp3) is 0. The first-order valence-electron chi connectivity index (χ1n) is 3.47. The molecule has 1 N–H and O–H groups in total. The van der Waals surface area contributed by atoms with Crippen molar-refractivity contribution in [2.24, 2.45) is 5.11 Å². The Bertz CT molecular complexity index is 549. The number of hydrogen-bond donors (Lipinski definition) is 1. The normalized spacial score (nSPS) is 9.85. The smallest absolute Gasteiger partial charge is 0.305 e. The predicted octanol–water partition coefficient (Wildman–Crippen LogP) is 2.53. The number of fused-ring (bicyclic) bond motifs is 1. The van der Waals surface area contributed by atoms with Gasteiger partial charge < -0.3 is 4.98 Å². The number of azide groups is 1. The van der Waals surface area contributed by atoms with E-state index in [1.807, 2.05) is 0 Å².